The molecular formula is C21H30N2O7S. The molecule has 1 saturated heterocycles. The summed E-state index contributed by atoms with van der Waals surface area (Å²) >= 11 is 0. The minimum Gasteiger partial charge on any atom is -0.469 e. The first-order valence-corrected chi connectivity index (χ1v) is 11.6. The largest absolute Gasteiger partial charge is 0.469 e. The van der Waals surface area contributed by atoms with Crippen molar-refractivity contribution in [3.63, 3.8) is 0 Å². The minimum atomic E-state index is -4.12. The second kappa shape index (κ2) is 9.78. The van der Waals surface area contributed by atoms with Crippen molar-refractivity contribution in [1.29, 1.82) is 0 Å². The summed E-state index contributed by atoms with van der Waals surface area (Å²) in [5.74, 6) is -2.43. The molecule has 9 nitrogen and oxygen atoms in total. The summed E-state index contributed by atoms with van der Waals surface area (Å²) in [5, 5.41) is 2.83. The molecule has 1 fully saturated rings. The van der Waals surface area contributed by atoms with Gasteiger partial charge in [0, 0.05) is 19.5 Å². The zero-order valence-corrected chi connectivity index (χ0v) is 19.2. The van der Waals surface area contributed by atoms with Gasteiger partial charge in [-0.25, -0.2) is 8.42 Å². The second-order valence-electron chi connectivity index (χ2n) is 8.39. The van der Waals surface area contributed by atoms with Crippen molar-refractivity contribution >= 4 is 27.7 Å². The van der Waals surface area contributed by atoms with Crippen molar-refractivity contribution in [2.24, 2.45) is 0 Å². The van der Waals surface area contributed by atoms with Gasteiger partial charge >= 0.3 is 11.9 Å². The summed E-state index contributed by atoms with van der Waals surface area (Å²) in [4.78, 5) is 36.6. The first-order valence-electron chi connectivity index (χ1n) is 9.99. The Labute approximate surface area is 183 Å². The summed E-state index contributed by atoms with van der Waals surface area (Å²) in [6.07, 6.45) is -0.581. The molecule has 1 aliphatic heterocycles. The lowest BCUT2D eigenvalue weighted by Crippen LogP contribution is -2.68. The highest BCUT2D eigenvalue weighted by atomic mass is 32.2. The SMILES string of the molecule is COC(=O)CC[C@]1(S(=O)(=O)Cc2ccccc2)NCCN(CC(=O)OC(C)(C)C)C1=O. The van der Waals surface area contributed by atoms with Crippen LogP contribution >= 0.6 is 0 Å². The zero-order valence-electron chi connectivity index (χ0n) is 18.3. The number of methoxy groups -OCH3 is 1. The van der Waals surface area contributed by atoms with Gasteiger partial charge in [-0.05, 0) is 32.8 Å². The van der Waals surface area contributed by atoms with Crippen LogP contribution in [-0.2, 0) is 39.4 Å². The number of benzene rings is 1. The fourth-order valence-corrected chi connectivity index (χ4v) is 5.40. The van der Waals surface area contributed by atoms with Gasteiger partial charge < -0.3 is 14.4 Å². The lowest BCUT2D eigenvalue weighted by atomic mass is 10.1. The van der Waals surface area contributed by atoms with Gasteiger partial charge in [0.2, 0.25) is 4.87 Å². The fraction of sp³-hybridized carbons (Fsp3) is 0.571. The predicted octanol–water partition coefficient (Wildman–Crippen LogP) is 1.02. The number of nitrogens with zero attached hydrogens (tertiary/aromatic N) is 1. The summed E-state index contributed by atoms with van der Waals surface area (Å²) in [6.45, 7) is 5.02. The Morgan fingerprint density at radius 2 is 1.81 bits per heavy atom. The summed E-state index contributed by atoms with van der Waals surface area (Å²) in [7, 11) is -2.92. The lowest BCUT2D eigenvalue weighted by molar-refractivity contribution is -0.160. The smallest absolute Gasteiger partial charge is 0.326 e. The van der Waals surface area contributed by atoms with Crippen molar-refractivity contribution in [3.05, 3.63) is 35.9 Å². The predicted molar refractivity (Wildman–Crippen MR) is 113 cm³/mol. The van der Waals surface area contributed by atoms with Crippen LogP contribution in [-0.4, -0.2) is 68.4 Å². The fourth-order valence-electron chi connectivity index (χ4n) is 3.40. The van der Waals surface area contributed by atoms with Crippen molar-refractivity contribution < 1.29 is 32.3 Å². The van der Waals surface area contributed by atoms with Crippen LogP contribution in [0.5, 0.6) is 0 Å². The van der Waals surface area contributed by atoms with Gasteiger partial charge in [0.15, 0.2) is 9.84 Å². The van der Waals surface area contributed by atoms with E-state index in [2.05, 4.69) is 10.1 Å². The molecule has 172 valence electrons. The number of rotatable bonds is 8. The van der Waals surface area contributed by atoms with Gasteiger partial charge in [-0.2, -0.15) is 0 Å². The molecule has 1 aromatic rings. The molecule has 0 aromatic heterocycles. The average Bonchev–Trinajstić information content (AvgIpc) is 2.67. The number of hydrogen-bond acceptors (Lipinski definition) is 8. The molecule has 0 unspecified atom stereocenters. The van der Waals surface area contributed by atoms with E-state index < -0.39 is 43.9 Å². The molecule has 0 bridgehead atoms. The molecule has 31 heavy (non-hydrogen) atoms. The Bertz CT molecular complexity index is 909. The number of nitrogens with one attached hydrogen (secondary N) is 1. The Balaban J connectivity index is 2.35. The molecule has 1 heterocycles. The minimum absolute atomic E-state index is 0.138. The van der Waals surface area contributed by atoms with Crippen LogP contribution in [0, 0.1) is 0 Å². The van der Waals surface area contributed by atoms with Crippen LogP contribution in [0.15, 0.2) is 30.3 Å². The van der Waals surface area contributed by atoms with E-state index in [9.17, 15) is 22.8 Å². The maximum Gasteiger partial charge on any atom is 0.326 e. The van der Waals surface area contributed by atoms with Crippen LogP contribution in [0.25, 0.3) is 0 Å². The molecule has 1 aromatic carbocycles. The van der Waals surface area contributed by atoms with Crippen LogP contribution in [0.1, 0.15) is 39.2 Å². The molecule has 0 radical (unpaired) electrons. The van der Waals surface area contributed by atoms with E-state index in [1.807, 2.05) is 0 Å². The van der Waals surface area contributed by atoms with Gasteiger partial charge in [0.05, 0.1) is 12.9 Å². The summed E-state index contributed by atoms with van der Waals surface area (Å²) in [6, 6.07) is 8.47. The monoisotopic (exact) mass is 454 g/mol. The van der Waals surface area contributed by atoms with E-state index >= 15 is 0 Å². The standard InChI is InChI=1S/C21H30N2O7S/c1-20(2,3)30-18(25)14-23-13-12-22-21(19(23)26,11-10-17(24)29-4)31(27,28)15-16-8-6-5-7-9-16/h5-9,22H,10-15H2,1-4H3/t21-/m1/s1. The maximum absolute atomic E-state index is 13.5. The first kappa shape index (κ1) is 24.8. The van der Waals surface area contributed by atoms with Gasteiger partial charge in [0.25, 0.3) is 5.91 Å². The highest BCUT2D eigenvalue weighted by Crippen LogP contribution is 2.30. The van der Waals surface area contributed by atoms with E-state index in [0.717, 1.165) is 0 Å². The number of sulfone groups is 1. The Morgan fingerprint density at radius 1 is 1.16 bits per heavy atom. The maximum atomic E-state index is 13.5. The summed E-state index contributed by atoms with van der Waals surface area (Å²) in [5.41, 5.74) is -0.228. The molecule has 1 N–H and O–H groups in total. The van der Waals surface area contributed by atoms with Crippen molar-refractivity contribution in [1.82, 2.24) is 10.2 Å². The Morgan fingerprint density at radius 3 is 2.39 bits per heavy atom. The van der Waals surface area contributed by atoms with E-state index in [1.54, 1.807) is 51.1 Å². The van der Waals surface area contributed by atoms with E-state index in [-0.39, 0.29) is 32.5 Å². The third-order valence-corrected chi connectivity index (χ3v) is 7.10. The molecule has 0 spiro atoms. The van der Waals surface area contributed by atoms with Crippen molar-refractivity contribution in [3.8, 4) is 0 Å². The molecule has 1 amide bonds. The highest BCUT2D eigenvalue weighted by Gasteiger charge is 2.54. The van der Waals surface area contributed by atoms with Crippen LogP contribution in [0.2, 0.25) is 0 Å². The van der Waals surface area contributed by atoms with E-state index in [1.165, 1.54) is 12.0 Å². The molecule has 2 rings (SSSR count). The Kier molecular flexibility index (Phi) is 7.82. The number of esters is 2. The quantitative estimate of drug-likeness (QED) is 0.579. The zero-order chi connectivity index (χ0) is 23.3. The molecular weight excluding hydrogens is 424 g/mol. The third-order valence-electron chi connectivity index (χ3n) is 4.80. The molecule has 0 aliphatic carbocycles. The van der Waals surface area contributed by atoms with Crippen molar-refractivity contribution in [2.45, 2.75) is 49.8 Å². The van der Waals surface area contributed by atoms with Crippen LogP contribution in [0.4, 0.5) is 0 Å². The number of piperazine rings is 1. The molecule has 0 saturated carbocycles. The number of ether oxygens (including phenoxy) is 2. The number of hydrogen-bond donors (Lipinski definition) is 1. The van der Waals surface area contributed by atoms with Crippen molar-refractivity contribution in [2.75, 3.05) is 26.7 Å². The topological polar surface area (TPSA) is 119 Å². The number of carbonyl (C=O) groups excluding carboxylic acids is 3. The van der Waals surface area contributed by atoms with Gasteiger partial charge in [0.1, 0.15) is 12.1 Å². The number of amides is 1. The Hall–Kier alpha value is -2.46. The van der Waals surface area contributed by atoms with E-state index in [0.29, 0.717) is 5.56 Å². The van der Waals surface area contributed by atoms with Gasteiger partial charge in [-0.3, -0.25) is 19.7 Å². The van der Waals surface area contributed by atoms with Gasteiger partial charge in [-0.1, -0.05) is 30.3 Å². The van der Waals surface area contributed by atoms with E-state index in [4.69, 9.17) is 4.74 Å². The first-order chi connectivity index (χ1) is 14.4. The van der Waals surface area contributed by atoms with Crippen LogP contribution in [0.3, 0.4) is 0 Å². The normalized spacial score (nSPS) is 19.7. The second-order valence-corrected chi connectivity index (χ2v) is 10.6. The lowest BCUT2D eigenvalue weighted by Gasteiger charge is -2.41. The van der Waals surface area contributed by atoms with Gasteiger partial charge in [-0.15, -0.1) is 0 Å². The van der Waals surface area contributed by atoms with Crippen LogP contribution < -0.4 is 5.32 Å². The molecule has 10 heteroatoms. The third kappa shape index (κ3) is 6.27. The molecule has 1 atom stereocenters. The average molecular weight is 455 g/mol. The molecule has 1 aliphatic rings. The number of carbonyl (C=O) groups is 3. The summed E-state index contributed by atoms with van der Waals surface area (Å²) < 4.78 is 36.9. The highest BCUT2D eigenvalue weighted by molar-refractivity contribution is 7.92.